The second-order valence-electron chi connectivity index (χ2n) is 4.75. The number of nitrogens with zero attached hydrogens (tertiary/aromatic N) is 1. The first kappa shape index (κ1) is 20.2. The van der Waals surface area contributed by atoms with Gasteiger partial charge in [0.25, 0.3) is 0 Å². The van der Waals surface area contributed by atoms with Crippen molar-refractivity contribution in [3.8, 4) is 5.75 Å². The molecule has 20 heavy (non-hydrogen) atoms. The van der Waals surface area contributed by atoms with Crippen LogP contribution in [0, 0.1) is 3.57 Å². The van der Waals surface area contributed by atoms with Crippen molar-refractivity contribution in [2.45, 2.75) is 19.4 Å². The molecule has 1 aromatic carbocycles. The topological polar surface area (TPSA) is 24.5 Å². The molecule has 0 saturated carbocycles. The molecule has 0 aliphatic carbocycles. The van der Waals surface area contributed by atoms with Crippen molar-refractivity contribution in [1.82, 2.24) is 10.2 Å². The molecule has 0 spiro atoms. The number of benzene rings is 1. The molecule has 1 aromatic rings. The summed E-state index contributed by atoms with van der Waals surface area (Å²) in [7, 11) is 0. The summed E-state index contributed by atoms with van der Waals surface area (Å²) in [5.41, 5.74) is 0. The van der Waals surface area contributed by atoms with Gasteiger partial charge in [0.1, 0.15) is 5.75 Å². The van der Waals surface area contributed by atoms with Gasteiger partial charge in [-0.3, -0.25) is 4.90 Å². The van der Waals surface area contributed by atoms with Crippen molar-refractivity contribution in [1.29, 1.82) is 0 Å². The summed E-state index contributed by atoms with van der Waals surface area (Å²) in [6, 6.07) is 8.87. The first-order valence-electron chi connectivity index (χ1n) is 6.59. The quantitative estimate of drug-likeness (QED) is 0.571. The van der Waals surface area contributed by atoms with Gasteiger partial charge >= 0.3 is 0 Å². The molecule has 2 rings (SSSR count). The monoisotopic (exact) mass is 432 g/mol. The average Bonchev–Trinajstić information content (AvgIpc) is 2.37. The van der Waals surface area contributed by atoms with Gasteiger partial charge in [0, 0.05) is 35.8 Å². The predicted octanol–water partition coefficient (Wildman–Crippen LogP) is 3.20. The molecule has 1 heterocycles. The Morgan fingerprint density at radius 2 is 2.20 bits per heavy atom. The van der Waals surface area contributed by atoms with Crippen molar-refractivity contribution < 1.29 is 4.74 Å². The molecule has 116 valence electrons. The standard InChI is InChI=1S/C14H21IN2O.2ClH/c1-12-11-16-6-8-17(12)7-3-9-18-14-5-2-4-13(15)10-14;;/h2,4-5,10,12,16H,3,6-9,11H2,1H3;2*1H/t12-;;/m0../s1. The Bertz CT molecular complexity index is 382. The number of nitrogens with one attached hydrogen (secondary N) is 1. The largest absolute Gasteiger partial charge is 0.494 e. The zero-order chi connectivity index (χ0) is 12.8. The van der Waals surface area contributed by atoms with Crippen molar-refractivity contribution in [3.63, 3.8) is 0 Å². The van der Waals surface area contributed by atoms with Gasteiger partial charge in [-0.2, -0.15) is 0 Å². The molecule has 6 heteroatoms. The minimum Gasteiger partial charge on any atom is -0.494 e. The minimum absolute atomic E-state index is 0. The van der Waals surface area contributed by atoms with E-state index >= 15 is 0 Å². The lowest BCUT2D eigenvalue weighted by molar-refractivity contribution is 0.160. The van der Waals surface area contributed by atoms with Crippen LogP contribution >= 0.6 is 47.4 Å². The maximum Gasteiger partial charge on any atom is 0.120 e. The molecule has 1 N–H and O–H groups in total. The number of hydrogen-bond donors (Lipinski definition) is 1. The average molecular weight is 433 g/mol. The van der Waals surface area contributed by atoms with Crippen LogP contribution in [-0.2, 0) is 0 Å². The van der Waals surface area contributed by atoms with E-state index in [1.165, 1.54) is 3.57 Å². The lowest BCUT2D eigenvalue weighted by atomic mass is 10.2. The number of halogens is 3. The lowest BCUT2D eigenvalue weighted by Crippen LogP contribution is -2.50. The Hall–Kier alpha value is 0.250. The molecule has 1 aliphatic heterocycles. The summed E-state index contributed by atoms with van der Waals surface area (Å²) in [5, 5.41) is 3.41. The van der Waals surface area contributed by atoms with E-state index in [0.29, 0.717) is 6.04 Å². The van der Waals surface area contributed by atoms with E-state index in [-0.39, 0.29) is 24.8 Å². The van der Waals surface area contributed by atoms with E-state index < -0.39 is 0 Å². The summed E-state index contributed by atoms with van der Waals surface area (Å²) < 4.78 is 6.99. The van der Waals surface area contributed by atoms with Crippen LogP contribution in [0.5, 0.6) is 5.75 Å². The summed E-state index contributed by atoms with van der Waals surface area (Å²) >= 11 is 2.31. The van der Waals surface area contributed by atoms with Crippen molar-refractivity contribution in [2.24, 2.45) is 0 Å². The van der Waals surface area contributed by atoms with Crippen LogP contribution in [0.25, 0.3) is 0 Å². The summed E-state index contributed by atoms with van der Waals surface area (Å²) in [6.45, 7) is 7.60. The highest BCUT2D eigenvalue weighted by molar-refractivity contribution is 14.1. The molecule has 0 radical (unpaired) electrons. The third-order valence-corrected chi connectivity index (χ3v) is 3.96. The van der Waals surface area contributed by atoms with Crippen LogP contribution in [0.15, 0.2) is 24.3 Å². The Kier molecular flexibility index (Phi) is 11.0. The molecule has 1 fully saturated rings. The summed E-state index contributed by atoms with van der Waals surface area (Å²) in [5.74, 6) is 0.982. The molecule has 0 aromatic heterocycles. The molecule has 1 aliphatic rings. The minimum atomic E-state index is 0. The van der Waals surface area contributed by atoms with Crippen LogP contribution < -0.4 is 10.1 Å². The molecular weight excluding hydrogens is 410 g/mol. The van der Waals surface area contributed by atoms with E-state index in [0.717, 1.165) is 45.0 Å². The van der Waals surface area contributed by atoms with Gasteiger partial charge in [0.2, 0.25) is 0 Å². The third-order valence-electron chi connectivity index (χ3n) is 3.29. The van der Waals surface area contributed by atoms with Crippen molar-refractivity contribution in [2.75, 3.05) is 32.8 Å². The Labute approximate surface area is 147 Å². The molecule has 0 unspecified atom stereocenters. The molecule has 1 atom stereocenters. The Balaban J connectivity index is 0.00000180. The van der Waals surface area contributed by atoms with Crippen LogP contribution in [0.1, 0.15) is 13.3 Å². The molecule has 3 nitrogen and oxygen atoms in total. The molecule has 0 bridgehead atoms. The van der Waals surface area contributed by atoms with E-state index in [2.05, 4.69) is 51.9 Å². The second kappa shape index (κ2) is 10.9. The normalized spacial score (nSPS) is 18.8. The predicted molar refractivity (Wildman–Crippen MR) is 97.7 cm³/mol. The van der Waals surface area contributed by atoms with Crippen molar-refractivity contribution >= 4 is 47.4 Å². The molecule has 1 saturated heterocycles. The molecule has 0 amide bonds. The van der Waals surface area contributed by atoms with E-state index in [4.69, 9.17) is 4.74 Å². The first-order chi connectivity index (χ1) is 8.75. The zero-order valence-electron chi connectivity index (χ0n) is 11.7. The highest BCUT2D eigenvalue weighted by Gasteiger charge is 2.16. The Morgan fingerprint density at radius 3 is 2.90 bits per heavy atom. The van der Waals surface area contributed by atoms with Gasteiger partial charge in [0.15, 0.2) is 0 Å². The van der Waals surface area contributed by atoms with E-state index in [1.54, 1.807) is 0 Å². The van der Waals surface area contributed by atoms with Crippen LogP contribution in [-0.4, -0.2) is 43.7 Å². The maximum absolute atomic E-state index is 5.77. The number of piperazine rings is 1. The van der Waals surface area contributed by atoms with Crippen molar-refractivity contribution in [3.05, 3.63) is 27.8 Å². The fraction of sp³-hybridized carbons (Fsp3) is 0.571. The first-order valence-corrected chi connectivity index (χ1v) is 7.67. The van der Waals surface area contributed by atoms with Crippen LogP contribution in [0.3, 0.4) is 0 Å². The zero-order valence-corrected chi connectivity index (χ0v) is 15.5. The highest BCUT2D eigenvalue weighted by Crippen LogP contribution is 2.15. The second-order valence-corrected chi connectivity index (χ2v) is 5.99. The lowest BCUT2D eigenvalue weighted by Gasteiger charge is -2.33. The Morgan fingerprint density at radius 1 is 1.40 bits per heavy atom. The fourth-order valence-electron chi connectivity index (χ4n) is 2.23. The van der Waals surface area contributed by atoms with Gasteiger partial charge in [-0.25, -0.2) is 0 Å². The van der Waals surface area contributed by atoms with Gasteiger partial charge in [-0.05, 0) is 54.1 Å². The van der Waals surface area contributed by atoms with Gasteiger partial charge < -0.3 is 10.1 Å². The summed E-state index contributed by atoms with van der Waals surface area (Å²) in [6.07, 6.45) is 1.09. The molecular formula is C14H23Cl2IN2O. The van der Waals surface area contributed by atoms with Crippen LogP contribution in [0.2, 0.25) is 0 Å². The SMILES string of the molecule is C[C@H]1CNCCN1CCCOc1cccc(I)c1.Cl.Cl. The number of hydrogen-bond acceptors (Lipinski definition) is 3. The smallest absolute Gasteiger partial charge is 0.120 e. The van der Waals surface area contributed by atoms with E-state index in [9.17, 15) is 0 Å². The van der Waals surface area contributed by atoms with Gasteiger partial charge in [-0.15, -0.1) is 24.8 Å². The maximum atomic E-state index is 5.77. The van der Waals surface area contributed by atoms with E-state index in [1.807, 2.05) is 12.1 Å². The summed E-state index contributed by atoms with van der Waals surface area (Å²) in [4.78, 5) is 2.54. The highest BCUT2D eigenvalue weighted by atomic mass is 127. The number of rotatable bonds is 5. The fourth-order valence-corrected chi connectivity index (χ4v) is 2.74. The van der Waals surface area contributed by atoms with Gasteiger partial charge in [-0.1, -0.05) is 6.07 Å². The third kappa shape index (κ3) is 6.80. The van der Waals surface area contributed by atoms with Gasteiger partial charge in [0.05, 0.1) is 6.61 Å². The number of ether oxygens (including phenoxy) is 1. The van der Waals surface area contributed by atoms with Crippen LogP contribution in [0.4, 0.5) is 0 Å².